The van der Waals surface area contributed by atoms with Crippen molar-refractivity contribution < 1.29 is 4.79 Å². The molecule has 0 N–H and O–H groups in total. The van der Waals surface area contributed by atoms with E-state index in [0.717, 1.165) is 37.5 Å². The van der Waals surface area contributed by atoms with Gasteiger partial charge in [-0.1, -0.05) is 6.07 Å². The first kappa shape index (κ1) is 17.5. The molecular weight excluding hydrogens is 344 g/mol. The summed E-state index contributed by atoms with van der Waals surface area (Å²) in [7, 11) is 0. The van der Waals surface area contributed by atoms with Crippen molar-refractivity contribution in [2.45, 2.75) is 30.3 Å². The third-order valence-electron chi connectivity index (χ3n) is 5.25. The molecule has 0 aromatic carbocycles. The summed E-state index contributed by atoms with van der Waals surface area (Å²) in [6.07, 6.45) is 9.67. The number of carbonyl (C=O) groups excluding carboxylic acids is 1. The van der Waals surface area contributed by atoms with Gasteiger partial charge in [-0.05, 0) is 42.5 Å². The molecule has 26 heavy (non-hydrogen) atoms. The molecule has 0 aliphatic carbocycles. The number of hydrogen-bond acceptors (Lipinski definition) is 5. The summed E-state index contributed by atoms with van der Waals surface area (Å²) in [6, 6.07) is 8.39. The zero-order valence-electron chi connectivity index (χ0n) is 14.8. The fourth-order valence-electron chi connectivity index (χ4n) is 4.03. The van der Waals surface area contributed by atoms with Crippen LogP contribution in [0.5, 0.6) is 0 Å². The van der Waals surface area contributed by atoms with Gasteiger partial charge in [0.25, 0.3) is 0 Å². The average Bonchev–Trinajstić information content (AvgIpc) is 2.98. The predicted octanol–water partition coefficient (Wildman–Crippen LogP) is 2.69. The Balaban J connectivity index is 1.37. The summed E-state index contributed by atoms with van der Waals surface area (Å²) < 4.78 is 0. The molecule has 3 saturated heterocycles. The first-order valence-corrected chi connectivity index (χ1v) is 10.2. The largest absolute Gasteiger partial charge is 0.337 e. The Kier molecular flexibility index (Phi) is 5.51. The van der Waals surface area contributed by atoms with Gasteiger partial charge < -0.3 is 4.90 Å². The molecule has 2 bridgehead atoms. The minimum Gasteiger partial charge on any atom is -0.337 e. The van der Waals surface area contributed by atoms with Gasteiger partial charge in [-0.3, -0.25) is 19.7 Å². The Hall–Kier alpha value is -1.92. The average molecular weight is 369 g/mol. The Labute approximate surface area is 158 Å². The fourth-order valence-corrected chi connectivity index (χ4v) is 4.80. The summed E-state index contributed by atoms with van der Waals surface area (Å²) >= 11 is 1.61. The van der Waals surface area contributed by atoms with E-state index in [2.05, 4.69) is 25.8 Å². The zero-order chi connectivity index (χ0) is 17.8. The normalized spacial score (nSPS) is 23.0. The van der Waals surface area contributed by atoms with Crippen molar-refractivity contribution in [3.05, 3.63) is 54.6 Å². The molecule has 0 radical (unpaired) electrons. The van der Waals surface area contributed by atoms with Gasteiger partial charge in [0.1, 0.15) is 0 Å². The number of piperidine rings is 1. The highest BCUT2D eigenvalue weighted by Gasteiger charge is 2.36. The molecule has 6 heteroatoms. The molecule has 5 rings (SSSR count). The molecule has 2 aromatic heterocycles. The van der Waals surface area contributed by atoms with Gasteiger partial charge in [-0.2, -0.15) is 0 Å². The van der Waals surface area contributed by atoms with Crippen molar-refractivity contribution in [3.8, 4) is 0 Å². The summed E-state index contributed by atoms with van der Waals surface area (Å²) in [4.78, 5) is 26.8. The Morgan fingerprint density at radius 2 is 1.96 bits per heavy atom. The van der Waals surface area contributed by atoms with Gasteiger partial charge in [-0.15, -0.1) is 11.8 Å². The first-order valence-electron chi connectivity index (χ1n) is 9.21. The van der Waals surface area contributed by atoms with E-state index in [4.69, 9.17) is 0 Å². The lowest BCUT2D eigenvalue weighted by atomic mass is 9.95. The van der Waals surface area contributed by atoms with E-state index >= 15 is 0 Å². The van der Waals surface area contributed by atoms with E-state index in [1.165, 1.54) is 12.0 Å². The van der Waals surface area contributed by atoms with Gasteiger partial charge >= 0.3 is 0 Å². The van der Waals surface area contributed by atoms with Gasteiger partial charge in [0, 0.05) is 61.9 Å². The number of hydrogen-bond donors (Lipinski definition) is 0. The second-order valence-corrected chi connectivity index (χ2v) is 8.22. The van der Waals surface area contributed by atoms with Crippen LogP contribution in [-0.4, -0.2) is 57.1 Å². The Morgan fingerprint density at radius 1 is 1.08 bits per heavy atom. The number of fused-ring (bicyclic) bond motifs is 4. The lowest BCUT2D eigenvalue weighted by Crippen LogP contribution is -2.48. The summed E-state index contributed by atoms with van der Waals surface area (Å²) in [5, 5.41) is 0. The van der Waals surface area contributed by atoms with Crippen LogP contribution in [0.1, 0.15) is 18.4 Å². The van der Waals surface area contributed by atoms with Crippen molar-refractivity contribution in [2.75, 3.05) is 25.4 Å². The number of amides is 1. The highest BCUT2D eigenvalue weighted by molar-refractivity contribution is 8.00. The SMILES string of the molecule is O=C(CSc1ccncc1)N1C[C@H]2CC[C@@H]1CN(Cc1cccnc1)C2. The summed E-state index contributed by atoms with van der Waals surface area (Å²) in [5.74, 6) is 1.36. The number of pyridine rings is 2. The molecule has 5 nitrogen and oxygen atoms in total. The lowest BCUT2D eigenvalue weighted by molar-refractivity contribution is -0.132. The fraction of sp³-hybridized carbons (Fsp3) is 0.450. The van der Waals surface area contributed by atoms with Crippen molar-refractivity contribution in [1.82, 2.24) is 19.8 Å². The number of thioether (sulfide) groups is 1. The number of carbonyl (C=O) groups is 1. The van der Waals surface area contributed by atoms with Crippen LogP contribution in [0.3, 0.4) is 0 Å². The van der Waals surface area contributed by atoms with Crippen LogP contribution >= 0.6 is 11.8 Å². The summed E-state index contributed by atoms with van der Waals surface area (Å²) in [5.41, 5.74) is 1.25. The Bertz CT molecular complexity index is 727. The van der Waals surface area contributed by atoms with Crippen LogP contribution in [0.4, 0.5) is 0 Å². The van der Waals surface area contributed by atoms with Crippen LogP contribution in [-0.2, 0) is 11.3 Å². The summed E-state index contributed by atoms with van der Waals surface area (Å²) in [6.45, 7) is 3.88. The van der Waals surface area contributed by atoms with Crippen LogP contribution in [0.25, 0.3) is 0 Å². The van der Waals surface area contributed by atoms with Crippen molar-refractivity contribution in [1.29, 1.82) is 0 Å². The molecule has 2 atom stereocenters. The molecule has 3 aliphatic heterocycles. The minimum atomic E-state index is 0.268. The van der Waals surface area contributed by atoms with Gasteiger partial charge in [0.05, 0.1) is 5.75 Å². The molecule has 2 aromatic rings. The molecule has 5 heterocycles. The number of aromatic nitrogens is 2. The molecule has 136 valence electrons. The topological polar surface area (TPSA) is 49.3 Å². The monoisotopic (exact) mass is 368 g/mol. The molecule has 3 fully saturated rings. The van der Waals surface area contributed by atoms with E-state index in [1.807, 2.05) is 30.6 Å². The number of nitrogens with zero attached hydrogens (tertiary/aromatic N) is 4. The van der Waals surface area contributed by atoms with Crippen molar-refractivity contribution >= 4 is 17.7 Å². The molecule has 0 unspecified atom stereocenters. The van der Waals surface area contributed by atoms with E-state index in [1.54, 1.807) is 24.2 Å². The van der Waals surface area contributed by atoms with Gasteiger partial charge in [0.2, 0.25) is 5.91 Å². The third kappa shape index (κ3) is 4.24. The van der Waals surface area contributed by atoms with Crippen LogP contribution < -0.4 is 0 Å². The zero-order valence-corrected chi connectivity index (χ0v) is 15.6. The van der Waals surface area contributed by atoms with Gasteiger partial charge in [0.15, 0.2) is 0 Å². The van der Waals surface area contributed by atoms with E-state index in [9.17, 15) is 4.79 Å². The van der Waals surface area contributed by atoms with E-state index < -0.39 is 0 Å². The maximum absolute atomic E-state index is 12.8. The van der Waals surface area contributed by atoms with Crippen LogP contribution in [0, 0.1) is 5.92 Å². The minimum absolute atomic E-state index is 0.268. The predicted molar refractivity (Wildman–Crippen MR) is 103 cm³/mol. The molecule has 3 aliphatic rings. The molecule has 0 spiro atoms. The standard InChI is InChI=1S/C20H24N4OS/c25-20(15-26-19-5-8-21-9-6-19)24-13-17-3-4-18(24)14-23(12-17)11-16-2-1-7-22-10-16/h1-2,5-10,17-18H,3-4,11-15H2/t17-,18+/m0/s1. The van der Waals surface area contributed by atoms with Crippen LogP contribution in [0.15, 0.2) is 53.9 Å². The second-order valence-electron chi connectivity index (χ2n) is 7.17. The Morgan fingerprint density at radius 3 is 2.77 bits per heavy atom. The smallest absolute Gasteiger partial charge is 0.233 e. The highest BCUT2D eigenvalue weighted by atomic mass is 32.2. The maximum Gasteiger partial charge on any atom is 0.233 e. The van der Waals surface area contributed by atoms with E-state index in [-0.39, 0.29) is 5.91 Å². The number of rotatable bonds is 5. The first-order chi connectivity index (χ1) is 12.8. The van der Waals surface area contributed by atoms with E-state index in [0.29, 0.717) is 17.7 Å². The highest BCUT2D eigenvalue weighted by Crippen LogP contribution is 2.30. The second kappa shape index (κ2) is 8.18. The molecule has 0 saturated carbocycles. The molecule has 1 amide bonds. The molecular formula is C20H24N4OS. The van der Waals surface area contributed by atoms with Gasteiger partial charge in [-0.25, -0.2) is 0 Å². The van der Waals surface area contributed by atoms with Crippen molar-refractivity contribution in [2.24, 2.45) is 5.92 Å². The quantitative estimate of drug-likeness (QED) is 0.760. The lowest BCUT2D eigenvalue weighted by Gasteiger charge is -2.36. The third-order valence-corrected chi connectivity index (χ3v) is 6.25. The van der Waals surface area contributed by atoms with Crippen molar-refractivity contribution in [3.63, 3.8) is 0 Å². The van der Waals surface area contributed by atoms with Crippen LogP contribution in [0.2, 0.25) is 0 Å². The maximum atomic E-state index is 12.8.